The zero-order chi connectivity index (χ0) is 10.6. The fraction of sp³-hybridized carbons (Fsp3) is 0.714. The molecule has 0 aromatic heterocycles. The third-order valence-corrected chi connectivity index (χ3v) is 3.66. The summed E-state index contributed by atoms with van der Waals surface area (Å²) in [6.07, 6.45) is 11.9. The van der Waals surface area contributed by atoms with E-state index in [9.17, 15) is 0 Å². The van der Waals surface area contributed by atoms with Crippen molar-refractivity contribution in [3.63, 3.8) is 0 Å². The van der Waals surface area contributed by atoms with E-state index in [-0.39, 0.29) is 0 Å². The molecule has 0 aromatic carbocycles. The van der Waals surface area contributed by atoms with E-state index >= 15 is 0 Å². The van der Waals surface area contributed by atoms with E-state index in [0.29, 0.717) is 5.41 Å². The van der Waals surface area contributed by atoms with Crippen molar-refractivity contribution in [2.75, 3.05) is 0 Å². The van der Waals surface area contributed by atoms with E-state index in [1.54, 1.807) is 0 Å². The summed E-state index contributed by atoms with van der Waals surface area (Å²) in [4.78, 5) is 0. The van der Waals surface area contributed by atoms with Crippen LogP contribution in [0.1, 0.15) is 46.5 Å². The summed E-state index contributed by atoms with van der Waals surface area (Å²) in [5.74, 6) is 1.66. The molecule has 0 heteroatoms. The van der Waals surface area contributed by atoms with Crippen LogP contribution in [0, 0.1) is 17.3 Å². The molecular weight excluding hydrogens is 168 g/mol. The summed E-state index contributed by atoms with van der Waals surface area (Å²) in [5, 5.41) is 0. The SMILES string of the molecule is C=CCCC[C@@]1(C)C=CC[C@@H]1C(C)C. The summed E-state index contributed by atoms with van der Waals surface area (Å²) >= 11 is 0. The van der Waals surface area contributed by atoms with E-state index in [1.165, 1.54) is 19.3 Å². The highest BCUT2D eigenvalue weighted by Crippen LogP contribution is 2.45. The Balaban J connectivity index is 2.52. The van der Waals surface area contributed by atoms with Crippen molar-refractivity contribution in [3.8, 4) is 0 Å². The molecule has 0 aromatic rings. The molecule has 0 nitrogen and oxygen atoms in total. The Hall–Kier alpha value is -0.520. The van der Waals surface area contributed by atoms with Gasteiger partial charge in [0.15, 0.2) is 0 Å². The zero-order valence-corrected chi connectivity index (χ0v) is 9.92. The van der Waals surface area contributed by atoms with Crippen molar-refractivity contribution in [3.05, 3.63) is 24.8 Å². The van der Waals surface area contributed by atoms with E-state index in [2.05, 4.69) is 39.5 Å². The second kappa shape index (κ2) is 4.82. The van der Waals surface area contributed by atoms with E-state index in [0.717, 1.165) is 18.3 Å². The number of unbranched alkanes of at least 4 members (excludes halogenated alkanes) is 1. The van der Waals surface area contributed by atoms with Crippen LogP contribution in [-0.4, -0.2) is 0 Å². The molecule has 0 saturated heterocycles. The van der Waals surface area contributed by atoms with Gasteiger partial charge in [-0.05, 0) is 42.9 Å². The topological polar surface area (TPSA) is 0 Å². The Morgan fingerprint density at radius 2 is 2.29 bits per heavy atom. The summed E-state index contributed by atoms with van der Waals surface area (Å²) in [5.41, 5.74) is 0.456. The zero-order valence-electron chi connectivity index (χ0n) is 9.92. The van der Waals surface area contributed by atoms with Gasteiger partial charge in [-0.15, -0.1) is 6.58 Å². The third-order valence-electron chi connectivity index (χ3n) is 3.66. The highest BCUT2D eigenvalue weighted by molar-refractivity contribution is 5.09. The smallest absolute Gasteiger partial charge is 0.0113 e. The van der Waals surface area contributed by atoms with Gasteiger partial charge in [0.2, 0.25) is 0 Å². The molecular formula is C14H24. The molecule has 0 aliphatic heterocycles. The third kappa shape index (κ3) is 2.50. The highest BCUT2D eigenvalue weighted by Gasteiger charge is 2.35. The molecule has 2 atom stereocenters. The lowest BCUT2D eigenvalue weighted by molar-refractivity contribution is 0.193. The van der Waals surface area contributed by atoms with Gasteiger partial charge in [0, 0.05) is 0 Å². The quantitative estimate of drug-likeness (QED) is 0.442. The fourth-order valence-electron chi connectivity index (χ4n) is 2.81. The molecule has 0 fully saturated rings. The van der Waals surface area contributed by atoms with Gasteiger partial charge < -0.3 is 0 Å². The number of rotatable bonds is 5. The lowest BCUT2D eigenvalue weighted by Gasteiger charge is -2.33. The fourth-order valence-corrected chi connectivity index (χ4v) is 2.81. The first-order valence-corrected chi connectivity index (χ1v) is 5.89. The van der Waals surface area contributed by atoms with E-state index in [1.807, 2.05) is 6.08 Å². The second-order valence-electron chi connectivity index (χ2n) is 5.18. The lowest BCUT2D eigenvalue weighted by Crippen LogP contribution is -2.25. The maximum absolute atomic E-state index is 3.78. The van der Waals surface area contributed by atoms with Gasteiger partial charge >= 0.3 is 0 Å². The Labute approximate surface area is 89.1 Å². The van der Waals surface area contributed by atoms with Crippen LogP contribution in [0.15, 0.2) is 24.8 Å². The van der Waals surface area contributed by atoms with Crippen LogP contribution in [-0.2, 0) is 0 Å². The Kier molecular flexibility index (Phi) is 3.97. The molecule has 1 aliphatic rings. The highest BCUT2D eigenvalue weighted by atomic mass is 14.4. The Morgan fingerprint density at radius 1 is 1.57 bits per heavy atom. The predicted octanol–water partition coefficient (Wildman–Crippen LogP) is 4.58. The lowest BCUT2D eigenvalue weighted by atomic mass is 9.71. The maximum atomic E-state index is 3.78. The average Bonchev–Trinajstić information content (AvgIpc) is 2.48. The molecule has 0 radical (unpaired) electrons. The molecule has 1 rings (SSSR count). The van der Waals surface area contributed by atoms with Crippen LogP contribution in [0.2, 0.25) is 0 Å². The van der Waals surface area contributed by atoms with E-state index < -0.39 is 0 Å². The minimum absolute atomic E-state index is 0.456. The standard InChI is InChI=1S/C14H24/c1-5-6-7-10-14(4)11-8-9-13(14)12(2)3/h5,8,11-13H,1,6-7,9-10H2,2-4H3/t13-,14+/m1/s1. The average molecular weight is 192 g/mol. The number of hydrogen-bond donors (Lipinski definition) is 0. The van der Waals surface area contributed by atoms with Gasteiger partial charge in [0.25, 0.3) is 0 Å². The minimum atomic E-state index is 0.456. The molecule has 0 spiro atoms. The van der Waals surface area contributed by atoms with Crippen molar-refractivity contribution in [2.24, 2.45) is 17.3 Å². The molecule has 80 valence electrons. The van der Waals surface area contributed by atoms with E-state index in [4.69, 9.17) is 0 Å². The van der Waals surface area contributed by atoms with Crippen molar-refractivity contribution < 1.29 is 0 Å². The first-order chi connectivity index (χ1) is 6.60. The van der Waals surface area contributed by atoms with Crippen LogP contribution in [0.5, 0.6) is 0 Å². The normalized spacial score (nSPS) is 31.3. The van der Waals surface area contributed by atoms with Gasteiger partial charge in [-0.1, -0.05) is 39.0 Å². The first-order valence-electron chi connectivity index (χ1n) is 5.89. The van der Waals surface area contributed by atoms with Crippen molar-refractivity contribution in [1.29, 1.82) is 0 Å². The molecule has 0 unspecified atom stereocenters. The molecule has 0 amide bonds. The van der Waals surface area contributed by atoms with Gasteiger partial charge in [-0.2, -0.15) is 0 Å². The molecule has 0 N–H and O–H groups in total. The molecule has 0 saturated carbocycles. The maximum Gasteiger partial charge on any atom is -0.0113 e. The Morgan fingerprint density at radius 3 is 2.86 bits per heavy atom. The molecule has 1 aliphatic carbocycles. The van der Waals surface area contributed by atoms with Gasteiger partial charge in [-0.25, -0.2) is 0 Å². The van der Waals surface area contributed by atoms with Crippen molar-refractivity contribution in [1.82, 2.24) is 0 Å². The predicted molar refractivity (Wildman–Crippen MR) is 64.2 cm³/mol. The summed E-state index contributed by atoms with van der Waals surface area (Å²) in [7, 11) is 0. The second-order valence-corrected chi connectivity index (χ2v) is 5.18. The molecule has 0 heterocycles. The van der Waals surface area contributed by atoms with Crippen molar-refractivity contribution >= 4 is 0 Å². The summed E-state index contributed by atoms with van der Waals surface area (Å²) in [6.45, 7) is 10.9. The van der Waals surface area contributed by atoms with Gasteiger partial charge in [0.05, 0.1) is 0 Å². The largest absolute Gasteiger partial charge is 0.103 e. The van der Waals surface area contributed by atoms with Crippen LogP contribution in [0.4, 0.5) is 0 Å². The van der Waals surface area contributed by atoms with Gasteiger partial charge in [0.1, 0.15) is 0 Å². The monoisotopic (exact) mass is 192 g/mol. The first kappa shape index (κ1) is 11.6. The van der Waals surface area contributed by atoms with Crippen LogP contribution in [0.25, 0.3) is 0 Å². The number of hydrogen-bond acceptors (Lipinski definition) is 0. The Bertz CT molecular complexity index is 212. The summed E-state index contributed by atoms with van der Waals surface area (Å²) < 4.78 is 0. The summed E-state index contributed by atoms with van der Waals surface area (Å²) in [6, 6.07) is 0. The molecule has 14 heavy (non-hydrogen) atoms. The van der Waals surface area contributed by atoms with Crippen LogP contribution >= 0.6 is 0 Å². The minimum Gasteiger partial charge on any atom is -0.103 e. The van der Waals surface area contributed by atoms with Crippen molar-refractivity contribution in [2.45, 2.75) is 46.5 Å². The van der Waals surface area contributed by atoms with Crippen LogP contribution < -0.4 is 0 Å². The number of allylic oxidation sites excluding steroid dienone is 3. The molecule has 0 bridgehead atoms. The van der Waals surface area contributed by atoms with Gasteiger partial charge in [-0.3, -0.25) is 0 Å². The van der Waals surface area contributed by atoms with Crippen LogP contribution in [0.3, 0.4) is 0 Å².